The first-order valence-corrected chi connectivity index (χ1v) is 16.1. The van der Waals surface area contributed by atoms with Gasteiger partial charge in [-0.2, -0.15) is 0 Å². The molecular formula is C37H45N4O2+. The van der Waals surface area contributed by atoms with Crippen molar-refractivity contribution in [2.45, 2.75) is 64.6 Å². The molecule has 2 aliphatic rings. The predicted molar refractivity (Wildman–Crippen MR) is 174 cm³/mol. The van der Waals surface area contributed by atoms with E-state index in [2.05, 4.69) is 48.7 Å². The van der Waals surface area contributed by atoms with Crippen molar-refractivity contribution in [2.75, 3.05) is 26.2 Å². The first-order chi connectivity index (χ1) is 20.9. The SMILES string of the molecule is CC(C)[C@H](NC(=O)c1c(C[N+]2(C3CCNCC3)CCCCC2)c(-c2ccccc2)nc2cc(O)ccc12)c1ccccc1. The largest absolute Gasteiger partial charge is 0.508 e. The Hall–Kier alpha value is -3.74. The molecule has 2 fully saturated rings. The normalized spacial score (nSPS) is 18.0. The number of fused-ring (bicyclic) bond motifs is 1. The molecule has 2 aliphatic heterocycles. The fourth-order valence-corrected chi connectivity index (χ4v) is 7.51. The Morgan fingerprint density at radius 1 is 0.953 bits per heavy atom. The average molecular weight is 578 g/mol. The highest BCUT2D eigenvalue weighted by atomic mass is 16.3. The van der Waals surface area contributed by atoms with E-state index in [-0.39, 0.29) is 23.6 Å². The number of aromatic nitrogens is 1. The Morgan fingerprint density at radius 3 is 2.30 bits per heavy atom. The number of piperidine rings is 2. The van der Waals surface area contributed by atoms with Crippen molar-refractivity contribution >= 4 is 16.8 Å². The third-order valence-corrected chi connectivity index (χ3v) is 9.72. The van der Waals surface area contributed by atoms with E-state index < -0.39 is 0 Å². The van der Waals surface area contributed by atoms with E-state index in [4.69, 9.17) is 4.98 Å². The number of carbonyl (C=O) groups excluding carboxylic acids is 1. The first kappa shape index (κ1) is 29.3. The number of carbonyl (C=O) groups is 1. The van der Waals surface area contributed by atoms with Gasteiger partial charge in [0.25, 0.3) is 5.91 Å². The molecule has 3 heterocycles. The molecule has 224 valence electrons. The molecule has 1 amide bonds. The third kappa shape index (κ3) is 6.17. The highest BCUT2D eigenvalue weighted by Crippen LogP contribution is 2.38. The van der Waals surface area contributed by atoms with Crippen molar-refractivity contribution in [1.29, 1.82) is 0 Å². The van der Waals surface area contributed by atoms with E-state index in [0.29, 0.717) is 17.1 Å². The summed E-state index contributed by atoms with van der Waals surface area (Å²) in [5.74, 6) is 0.278. The Morgan fingerprint density at radius 2 is 1.63 bits per heavy atom. The summed E-state index contributed by atoms with van der Waals surface area (Å²) in [5, 5.41) is 18.3. The second-order valence-electron chi connectivity index (χ2n) is 12.9. The second-order valence-corrected chi connectivity index (χ2v) is 12.9. The summed E-state index contributed by atoms with van der Waals surface area (Å²) in [5.41, 5.74) is 5.31. The van der Waals surface area contributed by atoms with Gasteiger partial charge < -0.3 is 20.2 Å². The van der Waals surface area contributed by atoms with Gasteiger partial charge in [-0.25, -0.2) is 4.98 Å². The van der Waals surface area contributed by atoms with Crippen LogP contribution >= 0.6 is 0 Å². The van der Waals surface area contributed by atoms with Gasteiger partial charge in [0, 0.05) is 48.5 Å². The number of hydrogen-bond acceptors (Lipinski definition) is 4. The lowest BCUT2D eigenvalue weighted by molar-refractivity contribution is -0.968. The maximum Gasteiger partial charge on any atom is 0.253 e. The van der Waals surface area contributed by atoms with Gasteiger partial charge in [-0.3, -0.25) is 4.79 Å². The number of benzene rings is 3. The maximum atomic E-state index is 14.7. The van der Waals surface area contributed by atoms with Crippen LogP contribution in [-0.4, -0.2) is 52.7 Å². The summed E-state index contributed by atoms with van der Waals surface area (Å²) in [4.78, 5) is 19.9. The van der Waals surface area contributed by atoms with Gasteiger partial charge in [0.15, 0.2) is 0 Å². The van der Waals surface area contributed by atoms with Gasteiger partial charge >= 0.3 is 0 Å². The van der Waals surface area contributed by atoms with E-state index in [1.807, 2.05) is 42.5 Å². The third-order valence-electron chi connectivity index (χ3n) is 9.72. The minimum Gasteiger partial charge on any atom is -0.508 e. The molecular weight excluding hydrogens is 532 g/mol. The van der Waals surface area contributed by atoms with Crippen LogP contribution < -0.4 is 10.6 Å². The van der Waals surface area contributed by atoms with E-state index in [0.717, 1.165) is 77.8 Å². The number of rotatable bonds is 8. The molecule has 4 aromatic rings. The Bertz CT molecular complexity index is 1540. The molecule has 0 radical (unpaired) electrons. The monoisotopic (exact) mass is 577 g/mol. The summed E-state index contributed by atoms with van der Waals surface area (Å²) in [6.45, 7) is 9.44. The number of aromatic hydroxyl groups is 1. The summed E-state index contributed by atoms with van der Waals surface area (Å²) in [6.07, 6.45) is 6.00. The lowest BCUT2D eigenvalue weighted by Gasteiger charge is -2.49. The average Bonchev–Trinajstić information content (AvgIpc) is 3.04. The minimum atomic E-state index is -0.135. The standard InChI is InChI=1S/C37H44N4O2/c1-26(2)35(27-12-6-3-7-13-27)40-37(43)34-31-17-16-30(42)24-33(31)39-36(28-14-8-4-9-15-28)32(34)25-41(22-10-5-11-23-41)29-18-20-38-21-19-29/h3-4,6-9,12-17,24,26,29,35,38H,5,10-11,18-23,25H2,1-2H3,(H-,39,40,42,43)/p+1/t35-/m0/s1. The van der Waals surface area contributed by atoms with Crippen LogP contribution in [0.25, 0.3) is 22.2 Å². The summed E-state index contributed by atoms with van der Waals surface area (Å²) < 4.78 is 1.01. The fourth-order valence-electron chi connectivity index (χ4n) is 7.51. The van der Waals surface area contributed by atoms with Crippen LogP contribution in [0.4, 0.5) is 0 Å². The van der Waals surface area contributed by atoms with Gasteiger partial charge in [0.1, 0.15) is 12.3 Å². The van der Waals surface area contributed by atoms with E-state index in [1.165, 1.54) is 19.3 Å². The van der Waals surface area contributed by atoms with Crippen molar-refractivity contribution < 1.29 is 14.4 Å². The van der Waals surface area contributed by atoms with Crippen LogP contribution in [0.3, 0.4) is 0 Å². The number of nitrogens with one attached hydrogen (secondary N) is 2. The molecule has 1 atom stereocenters. The number of hydrogen-bond donors (Lipinski definition) is 3. The number of nitrogens with zero attached hydrogens (tertiary/aromatic N) is 2. The summed E-state index contributed by atoms with van der Waals surface area (Å²) in [6, 6.07) is 26.2. The smallest absolute Gasteiger partial charge is 0.253 e. The van der Waals surface area contributed by atoms with E-state index >= 15 is 0 Å². The van der Waals surface area contributed by atoms with E-state index in [9.17, 15) is 9.90 Å². The van der Waals surface area contributed by atoms with Crippen LogP contribution in [0.5, 0.6) is 5.75 Å². The zero-order valence-corrected chi connectivity index (χ0v) is 25.6. The molecule has 0 unspecified atom stereocenters. The molecule has 3 aromatic carbocycles. The van der Waals surface area contributed by atoms with Crippen LogP contribution in [0.2, 0.25) is 0 Å². The van der Waals surface area contributed by atoms with Crippen molar-refractivity contribution in [2.24, 2.45) is 5.92 Å². The number of phenolic OH excluding ortho intramolecular Hbond substituents is 1. The Kier molecular flexibility index (Phi) is 8.78. The van der Waals surface area contributed by atoms with Crippen molar-refractivity contribution in [3.8, 4) is 17.0 Å². The number of likely N-dealkylation sites (tertiary alicyclic amines) is 1. The van der Waals surface area contributed by atoms with E-state index in [1.54, 1.807) is 12.1 Å². The van der Waals surface area contributed by atoms with Crippen molar-refractivity contribution in [3.63, 3.8) is 0 Å². The van der Waals surface area contributed by atoms with Crippen LogP contribution in [-0.2, 0) is 6.54 Å². The maximum absolute atomic E-state index is 14.7. The Labute approximate surface area is 255 Å². The molecule has 6 nitrogen and oxygen atoms in total. The highest BCUT2D eigenvalue weighted by molar-refractivity contribution is 6.09. The van der Waals surface area contributed by atoms with Gasteiger partial charge in [-0.15, -0.1) is 0 Å². The molecule has 43 heavy (non-hydrogen) atoms. The molecule has 6 rings (SSSR count). The Balaban J connectivity index is 1.55. The summed E-state index contributed by atoms with van der Waals surface area (Å²) >= 11 is 0. The molecule has 0 aliphatic carbocycles. The van der Waals surface area contributed by atoms with Crippen LogP contribution in [0.15, 0.2) is 78.9 Å². The lowest BCUT2D eigenvalue weighted by atomic mass is 9.90. The minimum absolute atomic E-state index is 0.0757. The molecule has 0 spiro atoms. The van der Waals surface area contributed by atoms with Crippen molar-refractivity contribution in [1.82, 2.24) is 15.6 Å². The van der Waals surface area contributed by atoms with Gasteiger partial charge in [0.05, 0.1) is 41.9 Å². The van der Waals surface area contributed by atoms with Crippen LogP contribution in [0.1, 0.15) is 73.5 Å². The zero-order chi connectivity index (χ0) is 29.8. The number of pyridine rings is 1. The highest BCUT2D eigenvalue weighted by Gasteiger charge is 2.41. The van der Waals surface area contributed by atoms with Gasteiger partial charge in [-0.05, 0) is 42.9 Å². The summed E-state index contributed by atoms with van der Waals surface area (Å²) in [7, 11) is 0. The zero-order valence-electron chi connectivity index (χ0n) is 25.6. The van der Waals surface area contributed by atoms with Crippen LogP contribution in [0, 0.1) is 5.92 Å². The quantitative estimate of drug-likeness (QED) is 0.197. The number of amides is 1. The second kappa shape index (κ2) is 12.9. The molecule has 0 saturated carbocycles. The molecule has 2 saturated heterocycles. The fraction of sp³-hybridized carbons (Fsp3) is 0.405. The molecule has 3 N–H and O–H groups in total. The molecule has 6 heteroatoms. The van der Waals surface area contributed by atoms with Crippen molar-refractivity contribution in [3.05, 3.63) is 95.6 Å². The predicted octanol–water partition coefficient (Wildman–Crippen LogP) is 6.99. The number of quaternary nitrogens is 1. The topological polar surface area (TPSA) is 74.2 Å². The van der Waals surface area contributed by atoms with Gasteiger partial charge in [-0.1, -0.05) is 74.5 Å². The number of phenols is 1. The lowest BCUT2D eigenvalue weighted by Crippen LogP contribution is -2.60. The molecule has 0 bridgehead atoms. The van der Waals surface area contributed by atoms with Gasteiger partial charge in [0.2, 0.25) is 0 Å². The molecule has 1 aromatic heterocycles. The first-order valence-electron chi connectivity index (χ1n) is 16.1.